The van der Waals surface area contributed by atoms with Crippen LogP contribution in [0.2, 0.25) is 0 Å². The molecule has 2 nitrogen and oxygen atoms in total. The second-order valence-corrected chi connectivity index (χ2v) is 5.01. The van der Waals surface area contributed by atoms with E-state index in [0.29, 0.717) is 6.61 Å². The van der Waals surface area contributed by atoms with Gasteiger partial charge in [0, 0.05) is 12.0 Å². The predicted molar refractivity (Wildman–Crippen MR) is 64.6 cm³/mol. The fourth-order valence-electron chi connectivity index (χ4n) is 2.47. The lowest BCUT2D eigenvalue weighted by Gasteiger charge is -2.26. The maximum absolute atomic E-state index is 9.58. The van der Waals surface area contributed by atoms with E-state index in [4.69, 9.17) is 4.74 Å². The van der Waals surface area contributed by atoms with E-state index in [2.05, 4.69) is 32.0 Å². The molecule has 1 aromatic carbocycles. The second-order valence-electron chi connectivity index (χ2n) is 5.01. The van der Waals surface area contributed by atoms with Gasteiger partial charge >= 0.3 is 0 Å². The number of hydrogen-bond donors (Lipinski definition) is 1. The molecule has 0 saturated carbocycles. The first kappa shape index (κ1) is 11.6. The molecular weight excluding hydrogens is 200 g/mol. The molecule has 2 heteroatoms. The van der Waals surface area contributed by atoms with Crippen molar-refractivity contribution in [3.8, 4) is 0 Å². The van der Waals surface area contributed by atoms with Crippen LogP contribution >= 0.6 is 0 Å². The molecule has 1 unspecified atom stereocenters. The van der Waals surface area contributed by atoms with E-state index in [9.17, 15) is 5.11 Å². The minimum atomic E-state index is -0.0448. The van der Waals surface area contributed by atoms with Gasteiger partial charge in [-0.2, -0.15) is 0 Å². The summed E-state index contributed by atoms with van der Waals surface area (Å²) in [6.07, 6.45) is 1.90. The van der Waals surface area contributed by atoms with Crippen LogP contribution in [0.5, 0.6) is 0 Å². The van der Waals surface area contributed by atoms with Crippen LogP contribution in [0.4, 0.5) is 0 Å². The van der Waals surface area contributed by atoms with Crippen molar-refractivity contribution in [2.75, 3.05) is 19.8 Å². The van der Waals surface area contributed by atoms with E-state index in [-0.39, 0.29) is 12.0 Å². The number of benzene rings is 1. The third-order valence-corrected chi connectivity index (χ3v) is 3.72. The molecule has 88 valence electrons. The summed E-state index contributed by atoms with van der Waals surface area (Å²) in [5.74, 6) is 0. The Morgan fingerprint density at radius 1 is 1.31 bits per heavy atom. The molecule has 0 aromatic heterocycles. The molecule has 1 fully saturated rings. The zero-order valence-electron chi connectivity index (χ0n) is 10.1. The number of hydrogen-bond acceptors (Lipinski definition) is 2. The third kappa shape index (κ3) is 2.13. The highest BCUT2D eigenvalue weighted by Crippen LogP contribution is 2.33. The van der Waals surface area contributed by atoms with Gasteiger partial charge < -0.3 is 9.84 Å². The van der Waals surface area contributed by atoms with Crippen molar-refractivity contribution in [2.24, 2.45) is 5.41 Å². The summed E-state index contributed by atoms with van der Waals surface area (Å²) in [6.45, 7) is 5.98. The van der Waals surface area contributed by atoms with E-state index in [0.717, 1.165) is 19.4 Å². The maximum atomic E-state index is 9.58. The molecule has 1 aromatic rings. The van der Waals surface area contributed by atoms with Crippen LogP contribution in [-0.4, -0.2) is 24.9 Å². The quantitative estimate of drug-likeness (QED) is 0.846. The molecule has 2 rings (SSSR count). The molecule has 1 atom stereocenters. The number of aryl methyl sites for hydroxylation is 2. The fraction of sp³-hybridized carbons (Fsp3) is 0.571. The minimum Gasteiger partial charge on any atom is -0.396 e. The monoisotopic (exact) mass is 220 g/mol. The summed E-state index contributed by atoms with van der Waals surface area (Å²) in [5, 5.41) is 9.58. The first-order chi connectivity index (χ1) is 7.67. The van der Waals surface area contributed by atoms with Crippen molar-refractivity contribution in [3.05, 3.63) is 34.9 Å². The normalized spacial score (nSPS) is 24.9. The molecule has 1 saturated heterocycles. The van der Waals surface area contributed by atoms with Crippen LogP contribution in [0.3, 0.4) is 0 Å². The van der Waals surface area contributed by atoms with Crippen LogP contribution in [0.15, 0.2) is 18.2 Å². The van der Waals surface area contributed by atoms with E-state index < -0.39 is 0 Å². The average molecular weight is 220 g/mol. The van der Waals surface area contributed by atoms with Gasteiger partial charge in [-0.1, -0.05) is 18.2 Å². The van der Waals surface area contributed by atoms with Crippen LogP contribution in [-0.2, 0) is 11.2 Å². The van der Waals surface area contributed by atoms with Gasteiger partial charge in [-0.3, -0.25) is 0 Å². The molecule has 0 amide bonds. The molecular formula is C14H20O2. The largest absolute Gasteiger partial charge is 0.396 e. The van der Waals surface area contributed by atoms with Gasteiger partial charge in [0.2, 0.25) is 0 Å². The topological polar surface area (TPSA) is 29.5 Å². The molecule has 1 heterocycles. The minimum absolute atomic E-state index is 0.0448. The lowest BCUT2D eigenvalue weighted by molar-refractivity contribution is 0.0933. The number of ether oxygens (including phenoxy) is 1. The van der Waals surface area contributed by atoms with Crippen LogP contribution in [0, 0.1) is 19.3 Å². The molecule has 0 radical (unpaired) electrons. The van der Waals surface area contributed by atoms with E-state index in [1.807, 2.05) is 0 Å². The Morgan fingerprint density at radius 2 is 2.00 bits per heavy atom. The first-order valence-corrected chi connectivity index (χ1v) is 5.91. The molecule has 0 spiro atoms. The highest BCUT2D eigenvalue weighted by molar-refractivity contribution is 5.34. The zero-order chi connectivity index (χ0) is 11.6. The molecule has 1 N–H and O–H groups in total. The Labute approximate surface area is 97.3 Å². The summed E-state index contributed by atoms with van der Waals surface area (Å²) in [5.41, 5.74) is 3.97. The molecule has 0 bridgehead atoms. The standard InChI is InChI=1S/C14H20O2/c1-11-4-3-5-12(2)13(11)8-14(9-15)6-7-16-10-14/h3-5,15H,6-10H2,1-2H3. The Hall–Kier alpha value is -0.860. The van der Waals surface area contributed by atoms with Gasteiger partial charge in [0.05, 0.1) is 13.2 Å². The first-order valence-electron chi connectivity index (χ1n) is 5.91. The van der Waals surface area contributed by atoms with Gasteiger partial charge in [-0.15, -0.1) is 0 Å². The number of aliphatic hydroxyl groups is 1. The highest BCUT2D eigenvalue weighted by Gasteiger charge is 2.35. The molecule has 1 aliphatic heterocycles. The number of rotatable bonds is 3. The Balaban J connectivity index is 2.25. The van der Waals surface area contributed by atoms with Crippen LogP contribution < -0.4 is 0 Å². The van der Waals surface area contributed by atoms with Gasteiger partial charge in [-0.25, -0.2) is 0 Å². The predicted octanol–water partition coefficient (Wildman–Crippen LogP) is 2.24. The van der Waals surface area contributed by atoms with E-state index in [1.54, 1.807) is 0 Å². The summed E-state index contributed by atoms with van der Waals surface area (Å²) in [6, 6.07) is 6.37. The Bertz CT molecular complexity index is 345. The van der Waals surface area contributed by atoms with Crippen molar-refractivity contribution in [2.45, 2.75) is 26.7 Å². The van der Waals surface area contributed by atoms with Crippen molar-refractivity contribution in [3.63, 3.8) is 0 Å². The molecule has 0 aliphatic carbocycles. The zero-order valence-corrected chi connectivity index (χ0v) is 10.1. The van der Waals surface area contributed by atoms with Gasteiger partial charge in [-0.05, 0) is 43.4 Å². The summed E-state index contributed by atoms with van der Waals surface area (Å²) >= 11 is 0. The van der Waals surface area contributed by atoms with Crippen molar-refractivity contribution < 1.29 is 9.84 Å². The smallest absolute Gasteiger partial charge is 0.0548 e. The summed E-state index contributed by atoms with van der Waals surface area (Å²) < 4.78 is 5.44. The second kappa shape index (κ2) is 4.56. The average Bonchev–Trinajstić information content (AvgIpc) is 2.73. The molecule has 1 aliphatic rings. The van der Waals surface area contributed by atoms with Gasteiger partial charge in [0.25, 0.3) is 0 Å². The van der Waals surface area contributed by atoms with Crippen LogP contribution in [0.25, 0.3) is 0 Å². The van der Waals surface area contributed by atoms with Crippen LogP contribution in [0.1, 0.15) is 23.1 Å². The van der Waals surface area contributed by atoms with E-state index >= 15 is 0 Å². The highest BCUT2D eigenvalue weighted by atomic mass is 16.5. The fourth-order valence-corrected chi connectivity index (χ4v) is 2.47. The lowest BCUT2D eigenvalue weighted by atomic mass is 9.79. The lowest BCUT2D eigenvalue weighted by Crippen LogP contribution is -2.29. The van der Waals surface area contributed by atoms with Crippen molar-refractivity contribution in [1.82, 2.24) is 0 Å². The SMILES string of the molecule is Cc1cccc(C)c1CC1(CO)CCOC1. The van der Waals surface area contributed by atoms with E-state index in [1.165, 1.54) is 16.7 Å². The number of aliphatic hydroxyl groups excluding tert-OH is 1. The summed E-state index contributed by atoms with van der Waals surface area (Å²) in [7, 11) is 0. The van der Waals surface area contributed by atoms with Crippen molar-refractivity contribution >= 4 is 0 Å². The van der Waals surface area contributed by atoms with Gasteiger partial charge in [0.15, 0.2) is 0 Å². The van der Waals surface area contributed by atoms with Crippen molar-refractivity contribution in [1.29, 1.82) is 0 Å². The van der Waals surface area contributed by atoms with Gasteiger partial charge in [0.1, 0.15) is 0 Å². The third-order valence-electron chi connectivity index (χ3n) is 3.72. The summed E-state index contributed by atoms with van der Waals surface area (Å²) in [4.78, 5) is 0. The maximum Gasteiger partial charge on any atom is 0.0548 e. The Kier molecular flexibility index (Phi) is 3.31. The Morgan fingerprint density at radius 3 is 2.50 bits per heavy atom. The molecule has 16 heavy (non-hydrogen) atoms.